The summed E-state index contributed by atoms with van der Waals surface area (Å²) in [5, 5.41) is 7.62. The SMILES string of the molecule is c1ccc(P(c2ccccc2)c2cccc3c2N3)cc1. The first-order chi connectivity index (χ1) is 9.93. The van der Waals surface area contributed by atoms with Gasteiger partial charge in [-0.2, -0.15) is 0 Å². The van der Waals surface area contributed by atoms with Gasteiger partial charge in [-0.05, 0) is 24.6 Å². The third-order valence-corrected chi connectivity index (χ3v) is 5.99. The lowest BCUT2D eigenvalue weighted by Crippen LogP contribution is -2.19. The van der Waals surface area contributed by atoms with Crippen molar-refractivity contribution < 1.29 is 0 Å². The molecule has 3 aromatic rings. The maximum absolute atomic E-state index is 3.40. The lowest BCUT2D eigenvalue weighted by molar-refractivity contribution is 1.75. The number of rotatable bonds is 3. The zero-order valence-corrected chi connectivity index (χ0v) is 11.8. The van der Waals surface area contributed by atoms with Crippen molar-refractivity contribution in [3.05, 3.63) is 78.9 Å². The molecule has 0 bridgehead atoms. The summed E-state index contributed by atoms with van der Waals surface area (Å²) in [4.78, 5) is 0. The Morgan fingerprint density at radius 2 is 1.20 bits per heavy atom. The highest BCUT2D eigenvalue weighted by Crippen LogP contribution is 2.45. The molecule has 1 aliphatic rings. The summed E-state index contributed by atoms with van der Waals surface area (Å²) in [6.45, 7) is 0. The predicted molar refractivity (Wildman–Crippen MR) is 88.4 cm³/mol. The van der Waals surface area contributed by atoms with E-state index in [9.17, 15) is 0 Å². The molecule has 1 heterocycles. The van der Waals surface area contributed by atoms with Gasteiger partial charge in [-0.15, -0.1) is 0 Å². The molecule has 0 fully saturated rings. The van der Waals surface area contributed by atoms with Crippen LogP contribution in [0, 0.1) is 0 Å². The molecule has 0 aromatic heterocycles. The van der Waals surface area contributed by atoms with Crippen LogP contribution in [0.15, 0.2) is 78.9 Å². The van der Waals surface area contributed by atoms with Gasteiger partial charge < -0.3 is 5.32 Å². The van der Waals surface area contributed by atoms with Crippen LogP contribution in [0.4, 0.5) is 11.4 Å². The predicted octanol–water partition coefficient (Wildman–Crippen LogP) is 3.50. The van der Waals surface area contributed by atoms with Gasteiger partial charge in [-0.1, -0.05) is 72.8 Å². The Balaban J connectivity index is 1.89. The average molecular weight is 275 g/mol. The first kappa shape index (κ1) is 11.7. The summed E-state index contributed by atoms with van der Waals surface area (Å²) in [7, 11) is -0.477. The Morgan fingerprint density at radius 1 is 0.600 bits per heavy atom. The second-order valence-corrected chi connectivity index (χ2v) is 7.02. The zero-order chi connectivity index (χ0) is 13.4. The van der Waals surface area contributed by atoms with E-state index in [1.165, 1.54) is 27.3 Å². The van der Waals surface area contributed by atoms with Crippen LogP contribution in [-0.4, -0.2) is 0 Å². The molecule has 3 aromatic carbocycles. The third-order valence-electron chi connectivity index (χ3n) is 3.51. The van der Waals surface area contributed by atoms with Crippen LogP contribution in [0.5, 0.6) is 0 Å². The summed E-state index contributed by atoms with van der Waals surface area (Å²) in [6.07, 6.45) is 0. The highest BCUT2D eigenvalue weighted by Gasteiger charge is 2.26. The summed E-state index contributed by atoms with van der Waals surface area (Å²) in [5.74, 6) is 0. The number of hydrogen-bond donors (Lipinski definition) is 1. The van der Waals surface area contributed by atoms with Crippen molar-refractivity contribution in [3.8, 4) is 0 Å². The van der Waals surface area contributed by atoms with Gasteiger partial charge >= 0.3 is 0 Å². The van der Waals surface area contributed by atoms with Crippen molar-refractivity contribution in [2.75, 3.05) is 5.32 Å². The van der Waals surface area contributed by atoms with E-state index < -0.39 is 7.92 Å². The number of anilines is 2. The molecule has 4 rings (SSSR count). The van der Waals surface area contributed by atoms with Crippen molar-refractivity contribution in [2.45, 2.75) is 0 Å². The minimum atomic E-state index is -0.477. The molecule has 0 aliphatic carbocycles. The molecular weight excluding hydrogens is 261 g/mol. The van der Waals surface area contributed by atoms with Gasteiger partial charge in [-0.25, -0.2) is 0 Å². The Morgan fingerprint density at radius 3 is 1.80 bits per heavy atom. The van der Waals surface area contributed by atoms with Crippen LogP contribution in [0.25, 0.3) is 0 Å². The Bertz CT molecular complexity index is 698. The minimum absolute atomic E-state index is 0.477. The fourth-order valence-corrected chi connectivity index (χ4v) is 4.95. The number of nitrogens with one attached hydrogen (secondary N) is 1. The molecule has 20 heavy (non-hydrogen) atoms. The van der Waals surface area contributed by atoms with E-state index >= 15 is 0 Å². The summed E-state index contributed by atoms with van der Waals surface area (Å²) in [5.41, 5.74) is 2.60. The van der Waals surface area contributed by atoms with Gasteiger partial charge in [-0.3, -0.25) is 0 Å². The molecular formula is C18H14NP. The zero-order valence-electron chi connectivity index (χ0n) is 11.0. The second-order valence-electron chi connectivity index (χ2n) is 4.83. The van der Waals surface area contributed by atoms with Gasteiger partial charge in [0.05, 0.1) is 11.4 Å². The summed E-state index contributed by atoms with van der Waals surface area (Å²) >= 11 is 0. The quantitative estimate of drug-likeness (QED) is 0.448. The molecule has 0 amide bonds. The molecule has 2 heteroatoms. The lowest BCUT2D eigenvalue weighted by Gasteiger charge is -2.18. The van der Waals surface area contributed by atoms with Gasteiger partial charge in [0.25, 0.3) is 0 Å². The van der Waals surface area contributed by atoms with E-state index in [4.69, 9.17) is 0 Å². The van der Waals surface area contributed by atoms with Crippen molar-refractivity contribution in [2.24, 2.45) is 0 Å². The maximum Gasteiger partial charge on any atom is 0.0708 e. The summed E-state index contributed by atoms with van der Waals surface area (Å²) < 4.78 is 0. The average Bonchev–Trinajstić information content (AvgIpc) is 3.30. The van der Waals surface area contributed by atoms with Crippen molar-refractivity contribution in [1.29, 1.82) is 0 Å². The molecule has 0 saturated carbocycles. The number of fused-ring (bicyclic) bond motifs is 1. The van der Waals surface area contributed by atoms with E-state index in [0.29, 0.717) is 0 Å². The number of para-hydroxylation sites is 1. The van der Waals surface area contributed by atoms with Crippen molar-refractivity contribution in [1.82, 2.24) is 0 Å². The van der Waals surface area contributed by atoms with Crippen molar-refractivity contribution in [3.63, 3.8) is 0 Å². The maximum atomic E-state index is 3.40. The first-order valence-corrected chi connectivity index (χ1v) is 8.08. The molecule has 1 N–H and O–H groups in total. The monoisotopic (exact) mass is 275 g/mol. The topological polar surface area (TPSA) is 21.9 Å². The molecule has 0 radical (unpaired) electrons. The van der Waals surface area contributed by atoms with Gasteiger partial charge in [0.15, 0.2) is 0 Å². The van der Waals surface area contributed by atoms with Gasteiger partial charge in [0, 0.05) is 5.30 Å². The van der Waals surface area contributed by atoms with E-state index in [-0.39, 0.29) is 0 Å². The van der Waals surface area contributed by atoms with E-state index in [1.54, 1.807) is 0 Å². The minimum Gasteiger partial charge on any atom is -0.352 e. The van der Waals surface area contributed by atoms with E-state index in [1.807, 2.05) is 0 Å². The molecule has 1 nitrogen and oxygen atoms in total. The number of benzene rings is 3. The largest absolute Gasteiger partial charge is 0.352 e. The lowest BCUT2D eigenvalue weighted by atomic mass is 10.4. The van der Waals surface area contributed by atoms with E-state index in [2.05, 4.69) is 84.2 Å². The molecule has 0 unspecified atom stereocenters. The standard InChI is InChI=1S/C18H14NP/c1-3-8-14(9-4-1)20(15-10-5-2-6-11-15)17-13-7-12-16-18(17)19-16/h1-13,19H. The van der Waals surface area contributed by atoms with Gasteiger partial charge in [0.1, 0.15) is 0 Å². The Labute approximate surface area is 120 Å². The Hall–Kier alpha value is -2.11. The van der Waals surface area contributed by atoms with Crippen LogP contribution < -0.4 is 21.2 Å². The molecule has 0 saturated heterocycles. The van der Waals surface area contributed by atoms with Crippen LogP contribution in [0.2, 0.25) is 0 Å². The van der Waals surface area contributed by atoms with Crippen LogP contribution >= 0.6 is 7.92 Å². The molecule has 0 spiro atoms. The van der Waals surface area contributed by atoms with E-state index in [0.717, 1.165) is 0 Å². The van der Waals surface area contributed by atoms with Crippen molar-refractivity contribution >= 4 is 35.2 Å². The first-order valence-electron chi connectivity index (χ1n) is 6.74. The van der Waals surface area contributed by atoms with Crippen LogP contribution in [0.1, 0.15) is 0 Å². The smallest absolute Gasteiger partial charge is 0.0708 e. The fourth-order valence-electron chi connectivity index (χ4n) is 2.52. The highest BCUT2D eigenvalue weighted by atomic mass is 31.1. The van der Waals surface area contributed by atoms with Gasteiger partial charge in [0.2, 0.25) is 0 Å². The summed E-state index contributed by atoms with van der Waals surface area (Å²) in [6, 6.07) is 28.2. The second kappa shape index (κ2) is 4.77. The molecule has 0 atom stereocenters. The third kappa shape index (κ3) is 2.01. The molecule has 1 aliphatic heterocycles. The fraction of sp³-hybridized carbons (Fsp3) is 0. The number of hydrogen-bond acceptors (Lipinski definition) is 1. The molecule has 96 valence electrons. The Kier molecular flexibility index (Phi) is 2.79. The van der Waals surface area contributed by atoms with Crippen LogP contribution in [-0.2, 0) is 0 Å². The van der Waals surface area contributed by atoms with Crippen LogP contribution in [0.3, 0.4) is 0 Å². The highest BCUT2D eigenvalue weighted by molar-refractivity contribution is 7.80. The normalized spacial score (nSPS) is 11.8.